The van der Waals surface area contributed by atoms with Gasteiger partial charge in [0.05, 0.1) is 11.6 Å². The largest absolute Gasteiger partial charge is 0.208 e. The third-order valence-corrected chi connectivity index (χ3v) is 10.9. The van der Waals surface area contributed by atoms with Crippen molar-refractivity contribution in [2.75, 3.05) is 0 Å². The smallest absolute Gasteiger partial charge is 0.164 e. The minimum Gasteiger partial charge on any atom is -0.208 e. The predicted octanol–water partition coefficient (Wildman–Crippen LogP) is 10.0. The van der Waals surface area contributed by atoms with Crippen LogP contribution in [0.15, 0.2) is 115 Å². The van der Waals surface area contributed by atoms with Crippen molar-refractivity contribution < 1.29 is 0 Å². The normalized spacial score (nSPS) is 23.0. The standard InChI is InChI=1S/C42H34N4/c43-26-34-15-8-16-35-36(17-18-37(38(34)35)42-23-27-19-28(24-42)21-29(20-27)25-42)41-45-39(31-11-5-2-6-12-31)44-40(46-41)33-14-7-13-32(22-33)30-9-3-1-4-10-30/h1-18,22,27-29H,19-21,23-25H2/t27-,28-,29-,42?. The molecule has 4 nitrogen and oxygen atoms in total. The fraction of sp³-hybridized carbons (Fsp3) is 0.238. The highest BCUT2D eigenvalue weighted by Gasteiger charge is 2.52. The molecule has 46 heavy (non-hydrogen) atoms. The Morgan fingerprint density at radius 3 is 1.78 bits per heavy atom. The molecular weight excluding hydrogens is 560 g/mol. The van der Waals surface area contributed by atoms with E-state index in [1.54, 1.807) is 0 Å². The molecule has 5 aromatic carbocycles. The lowest BCUT2D eigenvalue weighted by molar-refractivity contribution is -0.00449. The molecule has 4 bridgehead atoms. The van der Waals surface area contributed by atoms with Gasteiger partial charge in [0.2, 0.25) is 0 Å². The molecule has 4 saturated carbocycles. The van der Waals surface area contributed by atoms with Crippen molar-refractivity contribution in [3.63, 3.8) is 0 Å². The quantitative estimate of drug-likeness (QED) is 0.199. The van der Waals surface area contributed by atoms with E-state index < -0.39 is 0 Å². The Labute approximate surface area is 269 Å². The predicted molar refractivity (Wildman–Crippen MR) is 184 cm³/mol. The number of nitrogens with zero attached hydrogens (tertiary/aromatic N) is 4. The van der Waals surface area contributed by atoms with Crippen molar-refractivity contribution in [2.24, 2.45) is 17.8 Å². The van der Waals surface area contributed by atoms with E-state index in [1.807, 2.05) is 48.5 Å². The second-order valence-electron chi connectivity index (χ2n) is 13.8. The van der Waals surface area contributed by atoms with Crippen LogP contribution in [0.25, 0.3) is 56.1 Å². The molecule has 4 aliphatic carbocycles. The zero-order valence-electron chi connectivity index (χ0n) is 25.7. The van der Waals surface area contributed by atoms with Gasteiger partial charge < -0.3 is 0 Å². The van der Waals surface area contributed by atoms with Gasteiger partial charge in [0.25, 0.3) is 0 Å². The molecule has 0 saturated heterocycles. The maximum Gasteiger partial charge on any atom is 0.164 e. The highest BCUT2D eigenvalue weighted by atomic mass is 15.0. The number of benzene rings is 5. The lowest BCUT2D eigenvalue weighted by atomic mass is 9.47. The molecule has 4 fully saturated rings. The Morgan fingerprint density at radius 1 is 0.543 bits per heavy atom. The third kappa shape index (κ3) is 4.53. The number of fused-ring (bicyclic) bond motifs is 1. The van der Waals surface area contributed by atoms with E-state index in [2.05, 4.69) is 72.8 Å². The zero-order chi connectivity index (χ0) is 30.7. The summed E-state index contributed by atoms with van der Waals surface area (Å²) >= 11 is 0. The first-order valence-electron chi connectivity index (χ1n) is 16.6. The summed E-state index contributed by atoms with van der Waals surface area (Å²) in [5.74, 6) is 4.37. The third-order valence-electron chi connectivity index (χ3n) is 10.9. The molecule has 0 spiro atoms. The van der Waals surface area contributed by atoms with Crippen LogP contribution in [0, 0.1) is 29.1 Å². The summed E-state index contributed by atoms with van der Waals surface area (Å²) in [6.45, 7) is 0. The minimum atomic E-state index is 0.163. The lowest BCUT2D eigenvalue weighted by Gasteiger charge is -2.57. The van der Waals surface area contributed by atoms with Crippen LogP contribution in [-0.4, -0.2) is 15.0 Å². The number of rotatable bonds is 5. The van der Waals surface area contributed by atoms with Crippen LogP contribution in [0.5, 0.6) is 0 Å². The Morgan fingerprint density at radius 2 is 1.11 bits per heavy atom. The fourth-order valence-corrected chi connectivity index (χ4v) is 9.39. The number of hydrogen-bond donors (Lipinski definition) is 0. The topological polar surface area (TPSA) is 62.5 Å². The van der Waals surface area contributed by atoms with Crippen molar-refractivity contribution in [2.45, 2.75) is 43.9 Å². The van der Waals surface area contributed by atoms with Gasteiger partial charge in [-0.25, -0.2) is 15.0 Å². The van der Waals surface area contributed by atoms with E-state index in [0.29, 0.717) is 17.5 Å². The second-order valence-corrected chi connectivity index (χ2v) is 13.8. The van der Waals surface area contributed by atoms with Gasteiger partial charge in [-0.2, -0.15) is 5.26 Å². The molecule has 222 valence electrons. The lowest BCUT2D eigenvalue weighted by Crippen LogP contribution is -2.48. The summed E-state index contributed by atoms with van der Waals surface area (Å²) in [5, 5.41) is 12.6. The van der Waals surface area contributed by atoms with E-state index in [9.17, 15) is 5.26 Å². The van der Waals surface area contributed by atoms with E-state index in [4.69, 9.17) is 15.0 Å². The molecule has 10 rings (SSSR count). The minimum absolute atomic E-state index is 0.163. The van der Waals surface area contributed by atoms with Crippen LogP contribution in [0.1, 0.15) is 49.7 Å². The SMILES string of the molecule is N#Cc1cccc2c(-c3nc(-c4ccccc4)nc(-c4cccc(-c5ccccc5)c4)n3)ccc(C34C[C@H]5C[C@H](C3)C[C@@H](C4)C5)c12. The molecule has 0 amide bonds. The highest BCUT2D eigenvalue weighted by Crippen LogP contribution is 2.61. The van der Waals surface area contributed by atoms with Crippen molar-refractivity contribution in [1.82, 2.24) is 15.0 Å². The average Bonchev–Trinajstić information content (AvgIpc) is 3.11. The molecule has 0 unspecified atom stereocenters. The van der Waals surface area contributed by atoms with Crippen molar-refractivity contribution in [3.8, 4) is 51.4 Å². The Balaban J connectivity index is 1.24. The van der Waals surface area contributed by atoms with Gasteiger partial charge in [-0.05, 0) is 95.9 Å². The van der Waals surface area contributed by atoms with Crippen LogP contribution in [-0.2, 0) is 5.41 Å². The van der Waals surface area contributed by atoms with Gasteiger partial charge in [0.1, 0.15) is 0 Å². The van der Waals surface area contributed by atoms with Gasteiger partial charge in [-0.15, -0.1) is 0 Å². The van der Waals surface area contributed by atoms with Crippen molar-refractivity contribution >= 4 is 10.8 Å². The zero-order valence-corrected chi connectivity index (χ0v) is 25.7. The van der Waals surface area contributed by atoms with E-state index in [1.165, 1.54) is 44.1 Å². The van der Waals surface area contributed by atoms with Gasteiger partial charge in [-0.3, -0.25) is 0 Å². The summed E-state index contributed by atoms with van der Waals surface area (Å²) in [5.41, 5.74) is 7.38. The van der Waals surface area contributed by atoms with Crippen LogP contribution in [0.3, 0.4) is 0 Å². The molecule has 0 aliphatic heterocycles. The monoisotopic (exact) mass is 594 g/mol. The van der Waals surface area contributed by atoms with Crippen LogP contribution in [0.2, 0.25) is 0 Å². The first-order valence-corrected chi connectivity index (χ1v) is 16.6. The summed E-state index contributed by atoms with van der Waals surface area (Å²) in [4.78, 5) is 15.3. The van der Waals surface area contributed by atoms with E-state index in [-0.39, 0.29) is 5.41 Å². The first kappa shape index (κ1) is 27.2. The second kappa shape index (κ2) is 10.7. The molecule has 1 heterocycles. The maximum atomic E-state index is 10.4. The highest BCUT2D eigenvalue weighted by molar-refractivity contribution is 6.01. The Kier molecular flexibility index (Phi) is 6.35. The van der Waals surface area contributed by atoms with Gasteiger partial charge in [0.15, 0.2) is 17.5 Å². The van der Waals surface area contributed by atoms with Gasteiger partial charge >= 0.3 is 0 Å². The van der Waals surface area contributed by atoms with Crippen LogP contribution >= 0.6 is 0 Å². The molecule has 0 N–H and O–H groups in total. The summed E-state index contributed by atoms with van der Waals surface area (Å²) in [7, 11) is 0. The number of aromatic nitrogens is 3. The average molecular weight is 595 g/mol. The summed E-state index contributed by atoms with van der Waals surface area (Å²) < 4.78 is 0. The van der Waals surface area contributed by atoms with E-state index >= 15 is 0 Å². The molecule has 1 aromatic heterocycles. The fourth-order valence-electron chi connectivity index (χ4n) is 9.39. The molecule has 0 atom stereocenters. The summed E-state index contributed by atoms with van der Waals surface area (Å²) in [6.07, 6.45) is 7.92. The van der Waals surface area contributed by atoms with E-state index in [0.717, 1.165) is 61.9 Å². The first-order chi connectivity index (χ1) is 22.7. The van der Waals surface area contributed by atoms with Crippen LogP contribution in [0.4, 0.5) is 0 Å². The molecule has 4 aliphatic rings. The summed E-state index contributed by atoms with van der Waals surface area (Å²) in [6, 6.07) is 42.2. The molecule has 4 heteroatoms. The Hall–Kier alpha value is -5.14. The number of hydrogen-bond acceptors (Lipinski definition) is 4. The molecule has 0 radical (unpaired) electrons. The Bertz CT molecular complexity index is 2110. The molecule has 6 aromatic rings. The molecular formula is C42H34N4. The number of nitriles is 1. The van der Waals surface area contributed by atoms with Crippen molar-refractivity contribution in [1.29, 1.82) is 5.26 Å². The van der Waals surface area contributed by atoms with Gasteiger partial charge in [0, 0.05) is 22.1 Å². The maximum absolute atomic E-state index is 10.4. The van der Waals surface area contributed by atoms with Gasteiger partial charge in [-0.1, -0.05) is 103 Å². The van der Waals surface area contributed by atoms with Crippen LogP contribution < -0.4 is 0 Å². The van der Waals surface area contributed by atoms with Crippen molar-refractivity contribution in [3.05, 3.63) is 126 Å².